The Balaban J connectivity index is 2.25. The van der Waals surface area contributed by atoms with Gasteiger partial charge in [0.05, 0.1) is 34.7 Å². The van der Waals surface area contributed by atoms with Gasteiger partial charge in [0, 0.05) is 0 Å². The summed E-state index contributed by atoms with van der Waals surface area (Å²) in [6, 6.07) is 6.51. The average Bonchev–Trinajstić information content (AvgIpc) is 2.49. The SMILES string of the molecule is N#Cc1ccc(Cl)c(NC(=O)c2cncc(NN)n2)c1. The molecule has 2 aromatic rings. The zero-order valence-electron chi connectivity index (χ0n) is 10.1. The molecule has 0 saturated carbocycles. The molecule has 1 aromatic heterocycles. The largest absolute Gasteiger partial charge is 0.319 e. The molecule has 1 amide bonds. The second kappa shape index (κ2) is 5.97. The number of carbonyl (C=O) groups is 1. The Morgan fingerprint density at radius 2 is 2.20 bits per heavy atom. The van der Waals surface area contributed by atoms with Crippen LogP contribution in [0.25, 0.3) is 0 Å². The minimum Gasteiger partial charge on any atom is -0.319 e. The summed E-state index contributed by atoms with van der Waals surface area (Å²) in [5, 5.41) is 11.7. The van der Waals surface area contributed by atoms with Crippen LogP contribution >= 0.6 is 11.6 Å². The van der Waals surface area contributed by atoms with Crippen molar-refractivity contribution in [1.82, 2.24) is 9.97 Å². The summed E-state index contributed by atoms with van der Waals surface area (Å²) in [5.74, 6) is 4.94. The Kier molecular flexibility index (Phi) is 4.10. The van der Waals surface area contributed by atoms with Gasteiger partial charge in [0.1, 0.15) is 5.69 Å². The number of amides is 1. The van der Waals surface area contributed by atoms with Gasteiger partial charge in [0.15, 0.2) is 5.82 Å². The molecule has 8 heteroatoms. The van der Waals surface area contributed by atoms with E-state index in [9.17, 15) is 4.79 Å². The predicted octanol–water partition coefficient (Wildman–Crippen LogP) is 1.54. The molecule has 0 fully saturated rings. The average molecular weight is 289 g/mol. The van der Waals surface area contributed by atoms with Crippen LogP contribution < -0.4 is 16.6 Å². The van der Waals surface area contributed by atoms with E-state index in [-0.39, 0.29) is 11.5 Å². The quantitative estimate of drug-likeness (QED) is 0.582. The Bertz CT molecular complexity index is 697. The number of nitrogens with two attached hydrogens (primary N) is 1. The van der Waals surface area contributed by atoms with Gasteiger partial charge in [-0.25, -0.2) is 10.8 Å². The second-order valence-corrected chi connectivity index (χ2v) is 4.10. The number of aromatic nitrogens is 2. The number of carbonyl (C=O) groups excluding carboxylic acids is 1. The third-order valence-electron chi connectivity index (χ3n) is 2.36. The first-order valence-corrected chi connectivity index (χ1v) is 5.81. The van der Waals surface area contributed by atoms with E-state index in [1.54, 1.807) is 6.07 Å². The maximum atomic E-state index is 12.0. The normalized spacial score (nSPS) is 9.65. The fourth-order valence-corrected chi connectivity index (χ4v) is 1.59. The van der Waals surface area contributed by atoms with E-state index < -0.39 is 5.91 Å². The molecule has 1 aromatic carbocycles. The minimum absolute atomic E-state index is 0.0684. The van der Waals surface area contributed by atoms with Gasteiger partial charge >= 0.3 is 0 Å². The molecule has 0 spiro atoms. The monoisotopic (exact) mass is 288 g/mol. The third kappa shape index (κ3) is 3.00. The number of nitrogens with zero attached hydrogens (tertiary/aromatic N) is 3. The van der Waals surface area contributed by atoms with Gasteiger partial charge in [-0.2, -0.15) is 5.26 Å². The Morgan fingerprint density at radius 1 is 1.40 bits per heavy atom. The summed E-state index contributed by atoms with van der Waals surface area (Å²) in [4.78, 5) is 19.8. The molecule has 0 aliphatic heterocycles. The van der Waals surface area contributed by atoms with Crippen LogP contribution in [0.2, 0.25) is 5.02 Å². The maximum absolute atomic E-state index is 12.0. The van der Waals surface area contributed by atoms with Crippen molar-refractivity contribution in [3.63, 3.8) is 0 Å². The smallest absolute Gasteiger partial charge is 0.275 e. The molecule has 0 saturated heterocycles. The Hall–Kier alpha value is -2.69. The number of anilines is 2. The van der Waals surface area contributed by atoms with Crippen molar-refractivity contribution in [1.29, 1.82) is 5.26 Å². The number of halogens is 1. The Labute approximate surface area is 119 Å². The molecular weight excluding hydrogens is 280 g/mol. The van der Waals surface area contributed by atoms with Gasteiger partial charge in [-0.3, -0.25) is 9.78 Å². The van der Waals surface area contributed by atoms with Gasteiger partial charge in [0.2, 0.25) is 0 Å². The van der Waals surface area contributed by atoms with Crippen molar-refractivity contribution >= 4 is 29.0 Å². The molecule has 0 radical (unpaired) electrons. The number of benzene rings is 1. The van der Waals surface area contributed by atoms with Gasteiger partial charge in [-0.1, -0.05) is 11.6 Å². The zero-order valence-corrected chi connectivity index (χ0v) is 10.8. The fourth-order valence-electron chi connectivity index (χ4n) is 1.42. The van der Waals surface area contributed by atoms with Crippen LogP contribution in [-0.2, 0) is 0 Å². The lowest BCUT2D eigenvalue weighted by Gasteiger charge is -2.07. The van der Waals surface area contributed by atoms with E-state index in [4.69, 9.17) is 22.7 Å². The van der Waals surface area contributed by atoms with Crippen LogP contribution in [0.1, 0.15) is 16.1 Å². The van der Waals surface area contributed by atoms with Crippen molar-refractivity contribution in [3.8, 4) is 6.07 Å². The van der Waals surface area contributed by atoms with Gasteiger partial charge < -0.3 is 10.7 Å². The van der Waals surface area contributed by atoms with E-state index in [1.165, 1.54) is 24.5 Å². The third-order valence-corrected chi connectivity index (χ3v) is 2.69. The number of hydrogen-bond acceptors (Lipinski definition) is 6. The minimum atomic E-state index is -0.508. The van der Waals surface area contributed by atoms with Crippen LogP contribution in [0, 0.1) is 11.3 Å². The first-order valence-electron chi connectivity index (χ1n) is 5.43. The molecule has 4 N–H and O–H groups in total. The lowest BCUT2D eigenvalue weighted by atomic mass is 10.2. The van der Waals surface area contributed by atoms with Crippen molar-refractivity contribution in [2.45, 2.75) is 0 Å². The van der Waals surface area contributed by atoms with E-state index in [2.05, 4.69) is 20.7 Å². The first-order chi connectivity index (χ1) is 9.63. The van der Waals surface area contributed by atoms with Crippen molar-refractivity contribution in [2.75, 3.05) is 10.7 Å². The number of hydrazine groups is 1. The molecule has 7 nitrogen and oxygen atoms in total. The lowest BCUT2D eigenvalue weighted by molar-refractivity contribution is 0.102. The molecule has 2 rings (SSSR count). The van der Waals surface area contributed by atoms with Gasteiger partial charge in [-0.05, 0) is 18.2 Å². The van der Waals surface area contributed by atoms with Crippen LogP contribution in [0.5, 0.6) is 0 Å². The van der Waals surface area contributed by atoms with E-state index >= 15 is 0 Å². The predicted molar refractivity (Wildman–Crippen MR) is 74.0 cm³/mol. The molecule has 0 bridgehead atoms. The molecular formula is C12H9ClN6O. The van der Waals surface area contributed by atoms with Crippen LogP contribution in [-0.4, -0.2) is 15.9 Å². The standard InChI is InChI=1S/C12H9ClN6O/c13-8-2-1-7(4-14)3-9(8)18-12(20)10-5-16-6-11(17-10)19-15/h1-3,5-6H,15H2,(H,17,19)(H,18,20). The summed E-state index contributed by atoms with van der Waals surface area (Å²) in [7, 11) is 0. The van der Waals surface area contributed by atoms with Gasteiger partial charge in [0.25, 0.3) is 5.91 Å². The van der Waals surface area contributed by atoms with Crippen molar-refractivity contribution < 1.29 is 4.79 Å². The molecule has 0 unspecified atom stereocenters. The summed E-state index contributed by atoms with van der Waals surface area (Å²) in [6.45, 7) is 0. The summed E-state index contributed by atoms with van der Waals surface area (Å²) in [6.07, 6.45) is 2.66. The van der Waals surface area contributed by atoms with Crippen LogP contribution in [0.4, 0.5) is 11.5 Å². The highest BCUT2D eigenvalue weighted by molar-refractivity contribution is 6.33. The van der Waals surface area contributed by atoms with E-state index in [1.807, 2.05) is 6.07 Å². The molecule has 20 heavy (non-hydrogen) atoms. The topological polar surface area (TPSA) is 117 Å². The summed E-state index contributed by atoms with van der Waals surface area (Å²) in [5.41, 5.74) is 3.07. The molecule has 1 heterocycles. The highest BCUT2D eigenvalue weighted by Crippen LogP contribution is 2.23. The number of hydrogen-bond donors (Lipinski definition) is 3. The molecule has 100 valence electrons. The van der Waals surface area contributed by atoms with Crippen LogP contribution in [0.15, 0.2) is 30.6 Å². The molecule has 0 aliphatic carbocycles. The molecule has 0 aliphatic rings. The fraction of sp³-hybridized carbons (Fsp3) is 0. The number of nitrogen functional groups attached to an aromatic ring is 1. The number of nitrogens with one attached hydrogen (secondary N) is 2. The lowest BCUT2D eigenvalue weighted by Crippen LogP contribution is -2.17. The van der Waals surface area contributed by atoms with Crippen LogP contribution in [0.3, 0.4) is 0 Å². The Morgan fingerprint density at radius 3 is 2.90 bits per heavy atom. The maximum Gasteiger partial charge on any atom is 0.275 e. The van der Waals surface area contributed by atoms with Crippen molar-refractivity contribution in [2.24, 2.45) is 5.84 Å². The van der Waals surface area contributed by atoms with E-state index in [0.29, 0.717) is 16.3 Å². The first kappa shape index (κ1) is 13.7. The summed E-state index contributed by atoms with van der Waals surface area (Å²) >= 11 is 5.95. The highest BCUT2D eigenvalue weighted by Gasteiger charge is 2.11. The number of nitriles is 1. The number of rotatable bonds is 3. The van der Waals surface area contributed by atoms with Crippen molar-refractivity contribution in [3.05, 3.63) is 46.9 Å². The van der Waals surface area contributed by atoms with Gasteiger partial charge in [-0.15, -0.1) is 0 Å². The van der Waals surface area contributed by atoms with E-state index in [0.717, 1.165) is 0 Å². The zero-order chi connectivity index (χ0) is 14.5. The summed E-state index contributed by atoms with van der Waals surface area (Å²) < 4.78 is 0. The molecule has 0 atom stereocenters. The highest BCUT2D eigenvalue weighted by atomic mass is 35.5. The second-order valence-electron chi connectivity index (χ2n) is 3.69.